The van der Waals surface area contributed by atoms with Gasteiger partial charge in [0.1, 0.15) is 18.3 Å². The highest BCUT2D eigenvalue weighted by Crippen LogP contribution is 2.31. The molecule has 6 atom stereocenters. The smallest absolute Gasteiger partial charge is 0.103 e. The normalized spacial score (nSPS) is 20.2. The number of pyridine rings is 7. The van der Waals surface area contributed by atoms with Crippen molar-refractivity contribution in [1.82, 2.24) is 49.6 Å². The van der Waals surface area contributed by atoms with Gasteiger partial charge in [-0.15, -0.1) is 0 Å². The van der Waals surface area contributed by atoms with Crippen molar-refractivity contribution in [2.75, 3.05) is 241 Å². The van der Waals surface area contributed by atoms with Gasteiger partial charge in [0.05, 0.1) is 171 Å². The minimum Gasteiger partial charge on any atom is -0.388 e. The molecule has 0 bridgehead atoms. The number of aliphatic hydroxyl groups is 3. The number of morpholine rings is 7. The largest absolute Gasteiger partial charge is 0.388 e. The van der Waals surface area contributed by atoms with E-state index >= 15 is 0 Å². The standard InChI is InChI=1S/3C15H25N3O.3C15H24N2O2.C12H18N2O/c3*1-12(2)15-6-5-13(9-16-15)18-7-8-19-14(11-18)10-17(3)4;3*1-11(2)13-6-5-12(9-16-13)17-7-8-19-14(10-17)15(3,4)18;1-10(2)12-4-3-11(9-13-12)14-5-7-15-8-6-14/h3*5-6,9,12,14H,7-8,10-11H2,1-4H3;3*5-6,9,11,14,18H,7-8,10H2,1-4H3;3-4,9-10H,5-8H2,1-2H3/t2*14-;;2*14-;;/m10.10../s1. The van der Waals surface area contributed by atoms with E-state index in [1.807, 2.05) is 43.4 Å². The summed E-state index contributed by atoms with van der Waals surface area (Å²) in [4.78, 5) is 54.2. The van der Waals surface area contributed by atoms with Gasteiger partial charge in [0.25, 0.3) is 0 Å². The molecular formula is C102H165N17O10. The summed E-state index contributed by atoms with van der Waals surface area (Å²) in [6.45, 7) is 62.1. The fourth-order valence-electron chi connectivity index (χ4n) is 15.7. The Morgan fingerprint density at radius 3 is 0.597 bits per heavy atom. The number of ether oxygens (including phenoxy) is 7. The molecule has 7 saturated heterocycles. The Hall–Kier alpha value is -7.87. The predicted octanol–water partition coefficient (Wildman–Crippen LogP) is 14.5. The van der Waals surface area contributed by atoms with E-state index in [4.69, 9.17) is 33.2 Å². The lowest BCUT2D eigenvalue weighted by atomic mass is 10.00. The Morgan fingerprint density at radius 1 is 0.264 bits per heavy atom. The first-order chi connectivity index (χ1) is 61.1. The third-order valence-electron chi connectivity index (χ3n) is 23.8. The lowest BCUT2D eigenvalue weighted by Crippen LogP contribution is -2.52. The highest BCUT2D eigenvalue weighted by atomic mass is 16.5. The van der Waals surface area contributed by atoms with Crippen molar-refractivity contribution < 1.29 is 48.5 Å². The molecule has 0 radical (unpaired) electrons. The van der Waals surface area contributed by atoms with Gasteiger partial charge in [0.15, 0.2) is 0 Å². The Bertz CT molecular complexity index is 3840. The van der Waals surface area contributed by atoms with Gasteiger partial charge in [-0.2, -0.15) is 0 Å². The number of nitrogens with zero attached hydrogens (tertiary/aromatic N) is 17. The maximum absolute atomic E-state index is 10.1. The van der Waals surface area contributed by atoms with Gasteiger partial charge in [-0.3, -0.25) is 34.9 Å². The maximum atomic E-state index is 10.1. The SMILES string of the molecule is CC(C)c1ccc(N2CCOC(C(C)(C)O)C2)cn1.CC(C)c1ccc(N2CCOC(CN(C)C)C2)cn1.CC(C)c1ccc(N2CCOCC2)cn1.CC(C)c1ccc(N2CCO[C@@H](C(C)(C)O)C2)cn1.CC(C)c1ccc(N2CCO[C@@H](CN(C)C)C2)cn1.CC(C)c1ccc(N2CCO[C@H](C(C)(C)O)C2)cn1.CC(C)c1ccc(N2CCO[C@H](CN(C)C)C2)cn1. The molecule has 0 amide bonds. The van der Waals surface area contributed by atoms with Gasteiger partial charge in [-0.05, 0) is 210 Å². The van der Waals surface area contributed by atoms with Gasteiger partial charge in [-0.25, -0.2) is 0 Å². The third-order valence-corrected chi connectivity index (χ3v) is 23.8. The molecule has 0 saturated carbocycles. The van der Waals surface area contributed by atoms with E-state index in [2.05, 4.69) is 308 Å². The van der Waals surface area contributed by atoms with Crippen LogP contribution in [0.25, 0.3) is 0 Å². The van der Waals surface area contributed by atoms with E-state index in [0.29, 0.717) is 80.9 Å². The molecule has 7 aliphatic rings. The lowest BCUT2D eigenvalue weighted by Gasteiger charge is -2.39. The zero-order valence-corrected chi connectivity index (χ0v) is 83.6. The average Bonchev–Trinajstić information content (AvgIpc) is 0.821. The first-order valence-electron chi connectivity index (χ1n) is 47.4. The van der Waals surface area contributed by atoms with Crippen molar-refractivity contribution >= 4 is 39.8 Å². The molecule has 0 aliphatic carbocycles. The number of hydrogen-bond donors (Lipinski definition) is 3. The van der Waals surface area contributed by atoms with Gasteiger partial charge in [0, 0.05) is 151 Å². The summed E-state index contributed by atoms with van der Waals surface area (Å²) in [6.07, 6.45) is 14.1. The molecule has 14 rings (SSSR count). The molecule has 2 unspecified atom stereocenters. The van der Waals surface area contributed by atoms with Crippen molar-refractivity contribution in [3.05, 3.63) is 168 Å². The highest BCUT2D eigenvalue weighted by molar-refractivity contribution is 5.51. The molecular weight excluding hydrogens is 1620 g/mol. The van der Waals surface area contributed by atoms with Crippen LogP contribution >= 0.6 is 0 Å². The fourth-order valence-corrected chi connectivity index (χ4v) is 15.7. The summed E-state index contributed by atoms with van der Waals surface area (Å²) in [5.74, 6) is 3.30. The second kappa shape index (κ2) is 52.0. The van der Waals surface area contributed by atoms with Crippen LogP contribution in [-0.2, 0) is 33.2 Å². The van der Waals surface area contributed by atoms with Crippen LogP contribution in [0.5, 0.6) is 0 Å². The number of rotatable bonds is 23. The summed E-state index contributed by atoms with van der Waals surface area (Å²) in [6, 6.07) is 29.8. The molecule has 0 aromatic carbocycles. The summed E-state index contributed by atoms with van der Waals surface area (Å²) in [5, 5.41) is 30.2. The Labute approximate surface area is 776 Å². The minimum atomic E-state index is -0.816. The topological polar surface area (TPSA) is 248 Å². The second-order valence-electron chi connectivity index (χ2n) is 39.8. The predicted molar refractivity (Wildman–Crippen MR) is 528 cm³/mol. The molecule has 14 heterocycles. The lowest BCUT2D eigenvalue weighted by molar-refractivity contribution is -0.0928. The molecule has 718 valence electrons. The highest BCUT2D eigenvalue weighted by Gasteiger charge is 2.36. The van der Waals surface area contributed by atoms with Crippen LogP contribution < -0.4 is 34.3 Å². The number of likely N-dealkylation sites (N-methyl/N-ethyl adjacent to an activating group) is 3. The van der Waals surface area contributed by atoms with Crippen molar-refractivity contribution in [3.63, 3.8) is 0 Å². The van der Waals surface area contributed by atoms with Gasteiger partial charge in [-0.1, -0.05) is 96.9 Å². The van der Waals surface area contributed by atoms with Crippen LogP contribution in [0.3, 0.4) is 0 Å². The quantitative estimate of drug-likeness (QED) is 0.0538. The second-order valence-corrected chi connectivity index (χ2v) is 39.8. The molecule has 7 aliphatic heterocycles. The van der Waals surface area contributed by atoms with E-state index < -0.39 is 16.8 Å². The van der Waals surface area contributed by atoms with Gasteiger partial charge < -0.3 is 97.5 Å². The summed E-state index contributed by atoms with van der Waals surface area (Å²) in [7, 11) is 12.5. The Morgan fingerprint density at radius 2 is 0.434 bits per heavy atom. The van der Waals surface area contributed by atoms with E-state index in [1.165, 1.54) is 22.7 Å². The minimum absolute atomic E-state index is 0.161. The monoisotopic (exact) mass is 1790 g/mol. The van der Waals surface area contributed by atoms with Crippen molar-refractivity contribution in [1.29, 1.82) is 0 Å². The zero-order valence-electron chi connectivity index (χ0n) is 83.6. The van der Waals surface area contributed by atoms with E-state index in [9.17, 15) is 15.3 Å². The van der Waals surface area contributed by atoms with Crippen LogP contribution in [0, 0.1) is 0 Å². The molecule has 129 heavy (non-hydrogen) atoms. The van der Waals surface area contributed by atoms with Crippen LogP contribution in [0.2, 0.25) is 0 Å². The zero-order chi connectivity index (χ0) is 94.3. The third kappa shape index (κ3) is 35.9. The first-order valence-corrected chi connectivity index (χ1v) is 47.4. The molecule has 3 N–H and O–H groups in total. The summed E-state index contributed by atoms with van der Waals surface area (Å²) in [5.41, 5.74) is 13.6. The maximum Gasteiger partial charge on any atom is 0.103 e. The van der Waals surface area contributed by atoms with E-state index in [0.717, 1.165) is 182 Å². The van der Waals surface area contributed by atoms with E-state index in [-0.39, 0.29) is 36.6 Å². The van der Waals surface area contributed by atoms with Crippen LogP contribution in [0.4, 0.5) is 39.8 Å². The van der Waals surface area contributed by atoms with Crippen LogP contribution in [-0.4, -0.2) is 325 Å². The molecule has 27 heteroatoms. The first kappa shape index (κ1) is 106. The molecule has 27 nitrogen and oxygen atoms in total. The van der Waals surface area contributed by atoms with Crippen molar-refractivity contribution in [3.8, 4) is 0 Å². The van der Waals surface area contributed by atoms with Gasteiger partial charge in [0.2, 0.25) is 0 Å². The van der Waals surface area contributed by atoms with Crippen LogP contribution in [0.1, 0.15) is 220 Å². The van der Waals surface area contributed by atoms with E-state index in [1.54, 1.807) is 41.5 Å². The molecule has 7 aromatic heterocycles. The molecule has 0 spiro atoms. The molecule has 7 aromatic rings. The summed E-state index contributed by atoms with van der Waals surface area (Å²) < 4.78 is 39.6. The van der Waals surface area contributed by atoms with Crippen molar-refractivity contribution in [2.24, 2.45) is 0 Å². The Balaban J connectivity index is 0.000000186. The fraction of sp³-hybridized carbons (Fsp3) is 0.657. The van der Waals surface area contributed by atoms with Gasteiger partial charge >= 0.3 is 0 Å². The number of aromatic nitrogens is 7. The number of hydrogen-bond acceptors (Lipinski definition) is 27. The average molecular weight is 1790 g/mol. The van der Waals surface area contributed by atoms with Crippen LogP contribution in [0.15, 0.2) is 128 Å². The summed E-state index contributed by atoms with van der Waals surface area (Å²) >= 11 is 0. The molecule has 7 fully saturated rings. The van der Waals surface area contributed by atoms with Crippen molar-refractivity contribution in [2.45, 2.75) is 233 Å². The number of anilines is 7. The Kier molecular flexibility index (Phi) is 42.9.